The number of nitrogens with two attached hydrogens (primary N) is 1. The van der Waals surface area contributed by atoms with Crippen LogP contribution in [0, 0.1) is 12.3 Å². The van der Waals surface area contributed by atoms with E-state index in [4.69, 9.17) is 22.7 Å². The molecule has 1 aromatic rings. The van der Waals surface area contributed by atoms with Crippen LogP contribution in [0.2, 0.25) is 0 Å². The molecule has 0 atom stereocenters. The van der Waals surface area contributed by atoms with Crippen molar-refractivity contribution in [3.05, 3.63) is 23.4 Å². The Bertz CT molecular complexity index is 446. The maximum Gasteiger partial charge on any atom is 0.126 e. The van der Waals surface area contributed by atoms with Crippen LogP contribution in [0.3, 0.4) is 0 Å². The van der Waals surface area contributed by atoms with Crippen molar-refractivity contribution in [1.29, 1.82) is 0 Å². The van der Waals surface area contributed by atoms with Gasteiger partial charge in [-0.25, -0.2) is 4.98 Å². The number of thiocarbonyl (C=S) groups is 1. The molecule has 1 heterocycles. The molecular formula is C14H23N3OS. The van der Waals surface area contributed by atoms with Crippen molar-refractivity contribution in [2.45, 2.75) is 27.2 Å². The van der Waals surface area contributed by atoms with E-state index in [-0.39, 0.29) is 5.41 Å². The molecule has 19 heavy (non-hydrogen) atoms. The Hall–Kier alpha value is -1.20. The molecule has 0 aliphatic heterocycles. The topological polar surface area (TPSA) is 60.2 Å². The molecular weight excluding hydrogens is 258 g/mol. The first-order chi connectivity index (χ1) is 8.84. The van der Waals surface area contributed by atoms with Crippen molar-refractivity contribution in [3.8, 4) is 0 Å². The standard InChI is InChI=1S/C14H23N3OS/c1-10-7-11(13(15)19)8-12(17-10)16-9-14(2,3)5-6-18-4/h7-8H,5-6,9H2,1-4H3,(H2,15,19)(H,16,17). The van der Waals surface area contributed by atoms with Gasteiger partial charge in [-0.1, -0.05) is 26.1 Å². The largest absolute Gasteiger partial charge is 0.389 e. The van der Waals surface area contributed by atoms with E-state index in [1.165, 1.54) is 0 Å². The Morgan fingerprint density at radius 1 is 1.47 bits per heavy atom. The third-order valence-corrected chi connectivity index (χ3v) is 3.20. The normalized spacial score (nSPS) is 11.4. The van der Waals surface area contributed by atoms with Crippen molar-refractivity contribution in [1.82, 2.24) is 4.98 Å². The molecule has 0 radical (unpaired) electrons. The van der Waals surface area contributed by atoms with Crippen LogP contribution in [-0.4, -0.2) is 30.2 Å². The number of nitrogens with zero attached hydrogens (tertiary/aromatic N) is 1. The van der Waals surface area contributed by atoms with Gasteiger partial charge < -0.3 is 15.8 Å². The molecule has 0 unspecified atom stereocenters. The first-order valence-corrected chi connectivity index (χ1v) is 6.76. The lowest BCUT2D eigenvalue weighted by molar-refractivity contribution is 0.157. The maximum atomic E-state index is 5.66. The van der Waals surface area contributed by atoms with Crippen molar-refractivity contribution in [2.75, 3.05) is 25.6 Å². The van der Waals surface area contributed by atoms with Gasteiger partial charge >= 0.3 is 0 Å². The summed E-state index contributed by atoms with van der Waals surface area (Å²) in [6, 6.07) is 3.78. The molecule has 4 nitrogen and oxygen atoms in total. The van der Waals surface area contributed by atoms with Crippen LogP contribution >= 0.6 is 12.2 Å². The van der Waals surface area contributed by atoms with E-state index in [2.05, 4.69) is 24.1 Å². The van der Waals surface area contributed by atoms with Gasteiger partial charge in [-0.15, -0.1) is 0 Å². The number of methoxy groups -OCH3 is 1. The van der Waals surface area contributed by atoms with E-state index < -0.39 is 0 Å². The van der Waals surface area contributed by atoms with Crippen molar-refractivity contribution < 1.29 is 4.74 Å². The number of aromatic nitrogens is 1. The molecule has 0 aliphatic rings. The predicted octanol–water partition coefficient (Wildman–Crippen LogP) is 2.50. The molecule has 0 saturated heterocycles. The molecule has 0 amide bonds. The second-order valence-electron chi connectivity index (χ2n) is 5.51. The minimum Gasteiger partial charge on any atom is -0.389 e. The lowest BCUT2D eigenvalue weighted by atomic mass is 9.90. The van der Waals surface area contributed by atoms with E-state index in [1.807, 2.05) is 19.1 Å². The van der Waals surface area contributed by atoms with Gasteiger partial charge in [0.1, 0.15) is 10.8 Å². The molecule has 0 bridgehead atoms. The lowest BCUT2D eigenvalue weighted by Gasteiger charge is -2.25. The number of ether oxygens (including phenoxy) is 1. The fourth-order valence-corrected chi connectivity index (χ4v) is 1.82. The van der Waals surface area contributed by atoms with Gasteiger partial charge in [0, 0.05) is 31.5 Å². The Labute approximate surface area is 120 Å². The van der Waals surface area contributed by atoms with Gasteiger partial charge in [-0.3, -0.25) is 0 Å². The summed E-state index contributed by atoms with van der Waals surface area (Å²) in [5.41, 5.74) is 7.55. The number of nitrogens with one attached hydrogen (secondary N) is 1. The first kappa shape index (κ1) is 15.9. The van der Waals surface area contributed by atoms with Gasteiger partial charge in [0.25, 0.3) is 0 Å². The van der Waals surface area contributed by atoms with E-state index in [0.29, 0.717) is 4.99 Å². The Morgan fingerprint density at radius 3 is 2.74 bits per heavy atom. The van der Waals surface area contributed by atoms with Crippen LogP contribution in [0.15, 0.2) is 12.1 Å². The number of hydrogen-bond donors (Lipinski definition) is 2. The first-order valence-electron chi connectivity index (χ1n) is 6.35. The summed E-state index contributed by atoms with van der Waals surface area (Å²) in [7, 11) is 1.72. The average molecular weight is 281 g/mol. The van der Waals surface area contributed by atoms with Crippen molar-refractivity contribution >= 4 is 23.0 Å². The monoisotopic (exact) mass is 281 g/mol. The molecule has 0 aliphatic carbocycles. The SMILES string of the molecule is COCCC(C)(C)CNc1cc(C(N)=S)cc(C)n1. The zero-order valence-electron chi connectivity index (χ0n) is 12.1. The summed E-state index contributed by atoms with van der Waals surface area (Å²) < 4.78 is 5.12. The summed E-state index contributed by atoms with van der Waals surface area (Å²) in [6.45, 7) is 7.91. The Morgan fingerprint density at radius 2 is 2.16 bits per heavy atom. The predicted molar refractivity (Wildman–Crippen MR) is 83.6 cm³/mol. The van der Waals surface area contributed by atoms with Gasteiger partial charge in [0.2, 0.25) is 0 Å². The van der Waals surface area contributed by atoms with Gasteiger partial charge in [0.05, 0.1) is 0 Å². The molecule has 106 valence electrons. The van der Waals surface area contributed by atoms with Crippen LogP contribution in [0.4, 0.5) is 5.82 Å². The summed E-state index contributed by atoms with van der Waals surface area (Å²) in [6.07, 6.45) is 0.991. The summed E-state index contributed by atoms with van der Waals surface area (Å²) in [5, 5.41) is 3.35. The summed E-state index contributed by atoms with van der Waals surface area (Å²) >= 11 is 5.00. The van der Waals surface area contributed by atoms with Gasteiger partial charge in [-0.2, -0.15) is 0 Å². The molecule has 0 aromatic carbocycles. The Kier molecular flexibility index (Phi) is 5.69. The molecule has 0 fully saturated rings. The number of pyridine rings is 1. The van der Waals surface area contributed by atoms with E-state index in [0.717, 1.165) is 36.6 Å². The van der Waals surface area contributed by atoms with E-state index in [9.17, 15) is 0 Å². The molecule has 1 aromatic heterocycles. The maximum absolute atomic E-state index is 5.66. The zero-order chi connectivity index (χ0) is 14.5. The lowest BCUT2D eigenvalue weighted by Crippen LogP contribution is -2.25. The van der Waals surface area contributed by atoms with Crippen LogP contribution < -0.4 is 11.1 Å². The zero-order valence-corrected chi connectivity index (χ0v) is 12.9. The highest BCUT2D eigenvalue weighted by molar-refractivity contribution is 7.80. The second kappa shape index (κ2) is 6.82. The summed E-state index contributed by atoms with van der Waals surface area (Å²) in [5.74, 6) is 0.813. The quantitative estimate of drug-likeness (QED) is 0.752. The second-order valence-corrected chi connectivity index (χ2v) is 5.95. The third-order valence-electron chi connectivity index (χ3n) is 2.97. The van der Waals surface area contributed by atoms with Crippen LogP contribution in [0.25, 0.3) is 0 Å². The smallest absolute Gasteiger partial charge is 0.126 e. The highest BCUT2D eigenvalue weighted by Crippen LogP contribution is 2.21. The fourth-order valence-electron chi connectivity index (χ4n) is 1.70. The van der Waals surface area contributed by atoms with Crippen LogP contribution in [0.1, 0.15) is 31.5 Å². The number of anilines is 1. The Balaban J connectivity index is 2.69. The molecule has 1 rings (SSSR count). The molecule has 0 saturated carbocycles. The van der Waals surface area contributed by atoms with Gasteiger partial charge in [0.15, 0.2) is 0 Å². The van der Waals surface area contributed by atoms with Crippen LogP contribution in [0.5, 0.6) is 0 Å². The highest BCUT2D eigenvalue weighted by atomic mass is 32.1. The van der Waals surface area contributed by atoms with Gasteiger partial charge in [-0.05, 0) is 30.9 Å². The number of aryl methyl sites for hydroxylation is 1. The number of hydrogen-bond acceptors (Lipinski definition) is 4. The molecule has 3 N–H and O–H groups in total. The van der Waals surface area contributed by atoms with E-state index in [1.54, 1.807) is 7.11 Å². The van der Waals surface area contributed by atoms with Crippen molar-refractivity contribution in [2.24, 2.45) is 11.1 Å². The van der Waals surface area contributed by atoms with Crippen molar-refractivity contribution in [3.63, 3.8) is 0 Å². The highest BCUT2D eigenvalue weighted by Gasteiger charge is 2.17. The fraction of sp³-hybridized carbons (Fsp3) is 0.571. The average Bonchev–Trinajstić information content (AvgIpc) is 2.33. The minimum absolute atomic E-state index is 0.144. The van der Waals surface area contributed by atoms with E-state index >= 15 is 0 Å². The molecule has 5 heteroatoms. The van der Waals surface area contributed by atoms with Crippen LogP contribution in [-0.2, 0) is 4.74 Å². The molecule has 0 spiro atoms. The minimum atomic E-state index is 0.144. The number of rotatable bonds is 7. The third kappa shape index (κ3) is 5.53. The summed E-state index contributed by atoms with van der Waals surface area (Å²) in [4.78, 5) is 4.84.